The smallest absolute Gasteiger partial charge is 0.260 e. The lowest BCUT2D eigenvalue weighted by Crippen LogP contribution is -2.32. The van der Waals surface area contributed by atoms with E-state index in [1.165, 1.54) is 0 Å². The van der Waals surface area contributed by atoms with Gasteiger partial charge in [0.15, 0.2) is 6.61 Å². The van der Waals surface area contributed by atoms with Gasteiger partial charge in [0.25, 0.3) is 11.8 Å². The van der Waals surface area contributed by atoms with E-state index in [-0.39, 0.29) is 12.5 Å². The third kappa shape index (κ3) is 4.56. The molecule has 0 N–H and O–H groups in total. The molecule has 7 nitrogen and oxygen atoms in total. The third-order valence-corrected chi connectivity index (χ3v) is 4.75. The molecule has 1 aliphatic heterocycles. The summed E-state index contributed by atoms with van der Waals surface area (Å²) in [6.45, 7) is 4.23. The van der Waals surface area contributed by atoms with Crippen LogP contribution in [0.1, 0.15) is 19.8 Å². The maximum atomic E-state index is 12.2. The lowest BCUT2D eigenvalue weighted by atomic mass is 10.2. The van der Waals surface area contributed by atoms with Crippen molar-refractivity contribution in [3.05, 3.63) is 48.5 Å². The van der Waals surface area contributed by atoms with E-state index in [0.29, 0.717) is 24.1 Å². The Labute approximate surface area is 169 Å². The van der Waals surface area contributed by atoms with Gasteiger partial charge in [-0.2, -0.15) is 4.98 Å². The van der Waals surface area contributed by atoms with E-state index >= 15 is 0 Å². The number of likely N-dealkylation sites (tertiary alicyclic amines) is 1. The molecule has 0 unspecified atom stereocenters. The lowest BCUT2D eigenvalue weighted by molar-refractivity contribution is -0.132. The van der Waals surface area contributed by atoms with Crippen LogP contribution >= 0.6 is 0 Å². The van der Waals surface area contributed by atoms with Crippen LogP contribution in [-0.4, -0.2) is 47.3 Å². The normalized spacial score (nSPS) is 13.5. The first-order valence-corrected chi connectivity index (χ1v) is 9.81. The van der Waals surface area contributed by atoms with Crippen molar-refractivity contribution >= 4 is 5.91 Å². The summed E-state index contributed by atoms with van der Waals surface area (Å²) >= 11 is 0. The first-order chi connectivity index (χ1) is 14.2. The quantitative estimate of drug-likeness (QED) is 0.608. The number of carbonyl (C=O) groups is 1. The van der Waals surface area contributed by atoms with Gasteiger partial charge < -0.3 is 18.9 Å². The Bertz CT molecular complexity index is 962. The van der Waals surface area contributed by atoms with E-state index in [9.17, 15) is 4.79 Å². The minimum absolute atomic E-state index is 0.0187. The topological polar surface area (TPSA) is 77.7 Å². The van der Waals surface area contributed by atoms with Crippen LogP contribution in [-0.2, 0) is 4.79 Å². The molecule has 3 aromatic rings. The first kappa shape index (κ1) is 19.0. The number of amides is 1. The minimum atomic E-state index is 0.0187. The summed E-state index contributed by atoms with van der Waals surface area (Å²) in [5.41, 5.74) is 1.58. The Morgan fingerprint density at radius 2 is 1.83 bits per heavy atom. The second-order valence-corrected chi connectivity index (χ2v) is 6.78. The minimum Gasteiger partial charge on any atom is -0.494 e. The summed E-state index contributed by atoms with van der Waals surface area (Å²) < 4.78 is 16.5. The van der Waals surface area contributed by atoms with Gasteiger partial charge in [0, 0.05) is 24.2 Å². The molecule has 2 aromatic carbocycles. The van der Waals surface area contributed by atoms with E-state index < -0.39 is 0 Å². The molecule has 1 aromatic heterocycles. The van der Waals surface area contributed by atoms with Crippen molar-refractivity contribution in [1.29, 1.82) is 0 Å². The van der Waals surface area contributed by atoms with E-state index in [0.717, 1.165) is 42.8 Å². The molecule has 0 aliphatic carbocycles. The molecule has 0 spiro atoms. The molecule has 150 valence electrons. The highest BCUT2D eigenvalue weighted by Gasteiger charge is 2.18. The number of rotatable bonds is 7. The number of hydrogen-bond acceptors (Lipinski definition) is 6. The van der Waals surface area contributed by atoms with Gasteiger partial charge in [-0.1, -0.05) is 17.3 Å². The molecule has 4 rings (SSSR count). The van der Waals surface area contributed by atoms with Crippen molar-refractivity contribution < 1.29 is 18.8 Å². The van der Waals surface area contributed by atoms with Gasteiger partial charge in [-0.25, -0.2) is 0 Å². The van der Waals surface area contributed by atoms with Gasteiger partial charge in [0.2, 0.25) is 5.82 Å². The molecule has 1 aliphatic rings. The van der Waals surface area contributed by atoms with Gasteiger partial charge in [-0.15, -0.1) is 0 Å². The number of ether oxygens (including phenoxy) is 2. The van der Waals surface area contributed by atoms with Gasteiger partial charge in [-0.05, 0) is 56.2 Å². The van der Waals surface area contributed by atoms with Crippen molar-refractivity contribution in [2.75, 3.05) is 26.3 Å². The zero-order chi connectivity index (χ0) is 20.1. The van der Waals surface area contributed by atoms with E-state index in [1.807, 2.05) is 60.4 Å². The Morgan fingerprint density at radius 1 is 1.03 bits per heavy atom. The predicted octanol–water partition coefficient (Wildman–Crippen LogP) is 3.80. The second-order valence-electron chi connectivity index (χ2n) is 6.78. The SMILES string of the molecule is CCOc1ccc(-c2nc(-c3cccc(OCC(=O)N4CCCC4)c3)no2)cc1. The molecule has 2 heterocycles. The van der Waals surface area contributed by atoms with Crippen molar-refractivity contribution in [3.63, 3.8) is 0 Å². The van der Waals surface area contributed by atoms with E-state index in [4.69, 9.17) is 14.0 Å². The Balaban J connectivity index is 1.43. The molecular weight excluding hydrogens is 370 g/mol. The number of hydrogen-bond donors (Lipinski definition) is 0. The molecule has 29 heavy (non-hydrogen) atoms. The zero-order valence-electron chi connectivity index (χ0n) is 16.3. The number of benzene rings is 2. The summed E-state index contributed by atoms with van der Waals surface area (Å²) in [4.78, 5) is 18.5. The Hall–Kier alpha value is -3.35. The average Bonchev–Trinajstić information content (AvgIpc) is 3.45. The molecule has 0 saturated carbocycles. The van der Waals surface area contributed by atoms with Gasteiger partial charge in [0.05, 0.1) is 6.61 Å². The lowest BCUT2D eigenvalue weighted by Gasteiger charge is -2.15. The standard InChI is InChI=1S/C22H23N3O4/c1-2-27-18-10-8-16(9-11-18)22-23-21(24-29-22)17-6-5-7-19(14-17)28-15-20(26)25-12-3-4-13-25/h5-11,14H,2-4,12-13,15H2,1H3. The van der Waals surface area contributed by atoms with Crippen LogP contribution in [0.5, 0.6) is 11.5 Å². The van der Waals surface area contributed by atoms with Gasteiger partial charge in [-0.3, -0.25) is 4.79 Å². The van der Waals surface area contributed by atoms with Crippen LogP contribution in [0.2, 0.25) is 0 Å². The number of carbonyl (C=O) groups excluding carboxylic acids is 1. The molecule has 1 fully saturated rings. The highest BCUT2D eigenvalue weighted by atomic mass is 16.5. The average molecular weight is 393 g/mol. The van der Waals surface area contributed by atoms with Crippen molar-refractivity contribution in [1.82, 2.24) is 15.0 Å². The van der Waals surface area contributed by atoms with Crippen LogP contribution in [0.3, 0.4) is 0 Å². The maximum absolute atomic E-state index is 12.2. The first-order valence-electron chi connectivity index (χ1n) is 9.81. The van der Waals surface area contributed by atoms with Crippen LogP contribution in [0.25, 0.3) is 22.8 Å². The second kappa shape index (κ2) is 8.77. The fourth-order valence-electron chi connectivity index (χ4n) is 3.25. The maximum Gasteiger partial charge on any atom is 0.260 e. The van der Waals surface area contributed by atoms with Crippen LogP contribution in [0.15, 0.2) is 53.1 Å². The summed E-state index contributed by atoms with van der Waals surface area (Å²) in [5.74, 6) is 2.31. The van der Waals surface area contributed by atoms with Crippen molar-refractivity contribution in [3.8, 4) is 34.3 Å². The molecule has 0 atom stereocenters. The molecular formula is C22H23N3O4. The summed E-state index contributed by atoms with van der Waals surface area (Å²) in [6.07, 6.45) is 2.13. The monoisotopic (exact) mass is 393 g/mol. The summed E-state index contributed by atoms with van der Waals surface area (Å²) in [7, 11) is 0. The molecule has 0 bridgehead atoms. The largest absolute Gasteiger partial charge is 0.494 e. The van der Waals surface area contributed by atoms with Crippen LogP contribution < -0.4 is 9.47 Å². The highest BCUT2D eigenvalue weighted by molar-refractivity contribution is 5.78. The molecule has 1 amide bonds. The van der Waals surface area contributed by atoms with Crippen LogP contribution in [0.4, 0.5) is 0 Å². The highest BCUT2D eigenvalue weighted by Crippen LogP contribution is 2.26. The zero-order valence-corrected chi connectivity index (χ0v) is 16.3. The predicted molar refractivity (Wildman–Crippen MR) is 108 cm³/mol. The fourth-order valence-corrected chi connectivity index (χ4v) is 3.25. The van der Waals surface area contributed by atoms with Gasteiger partial charge in [0.1, 0.15) is 11.5 Å². The number of aromatic nitrogens is 2. The molecule has 1 saturated heterocycles. The van der Waals surface area contributed by atoms with Gasteiger partial charge >= 0.3 is 0 Å². The summed E-state index contributed by atoms with van der Waals surface area (Å²) in [5, 5.41) is 4.07. The van der Waals surface area contributed by atoms with Crippen LogP contribution in [0, 0.1) is 0 Å². The molecule has 0 radical (unpaired) electrons. The number of nitrogens with zero attached hydrogens (tertiary/aromatic N) is 3. The van der Waals surface area contributed by atoms with E-state index in [1.54, 1.807) is 0 Å². The Morgan fingerprint density at radius 3 is 2.59 bits per heavy atom. The summed E-state index contributed by atoms with van der Waals surface area (Å²) in [6, 6.07) is 14.8. The molecule has 7 heteroatoms. The van der Waals surface area contributed by atoms with Crippen molar-refractivity contribution in [2.24, 2.45) is 0 Å². The van der Waals surface area contributed by atoms with E-state index in [2.05, 4.69) is 10.1 Å². The third-order valence-electron chi connectivity index (χ3n) is 4.75. The van der Waals surface area contributed by atoms with Crippen molar-refractivity contribution in [2.45, 2.75) is 19.8 Å². The Kier molecular flexibility index (Phi) is 5.74. The fraction of sp³-hybridized carbons (Fsp3) is 0.318.